The number of nitrogens with zero attached hydrogens (tertiary/aromatic N) is 1. The molecule has 1 aromatic carbocycles. The normalized spacial score (nSPS) is 11.1. The van der Waals surface area contributed by atoms with Gasteiger partial charge in [0.05, 0.1) is 6.21 Å². The van der Waals surface area contributed by atoms with E-state index in [0.717, 1.165) is 5.56 Å². The second-order valence-electron chi connectivity index (χ2n) is 5.15. The average molecular weight is 275 g/mol. The van der Waals surface area contributed by atoms with Crippen molar-refractivity contribution in [1.29, 1.82) is 0 Å². The molecule has 0 aliphatic carbocycles. The van der Waals surface area contributed by atoms with Crippen molar-refractivity contribution in [3.63, 3.8) is 0 Å². The van der Waals surface area contributed by atoms with E-state index in [1.165, 1.54) is 11.8 Å². The summed E-state index contributed by atoms with van der Waals surface area (Å²) in [6.07, 6.45) is 1.50. The van der Waals surface area contributed by atoms with Crippen LogP contribution < -0.4 is 10.7 Å². The van der Waals surface area contributed by atoms with Gasteiger partial charge in [-0.05, 0) is 30.9 Å². The average Bonchev–Trinajstić information content (AvgIpc) is 2.38. The predicted octanol–water partition coefficient (Wildman–Crippen LogP) is 1.78. The van der Waals surface area contributed by atoms with Crippen LogP contribution in [-0.2, 0) is 9.59 Å². The molecule has 1 rings (SSSR count). The SMILES string of the molecule is CC(C)NC(=O)C(=O)N/N=C\c1ccc(C(C)C)cc1. The Hall–Kier alpha value is -2.17. The topological polar surface area (TPSA) is 70.6 Å². The van der Waals surface area contributed by atoms with Gasteiger partial charge in [-0.25, -0.2) is 5.43 Å². The summed E-state index contributed by atoms with van der Waals surface area (Å²) in [4.78, 5) is 22.7. The molecule has 0 radical (unpaired) electrons. The van der Waals surface area contributed by atoms with Crippen LogP contribution in [0.4, 0.5) is 0 Å². The molecule has 0 spiro atoms. The van der Waals surface area contributed by atoms with Crippen molar-refractivity contribution in [2.45, 2.75) is 39.7 Å². The minimum Gasteiger partial charge on any atom is -0.346 e. The number of rotatable bonds is 4. The molecule has 0 fully saturated rings. The zero-order chi connectivity index (χ0) is 15.1. The third kappa shape index (κ3) is 5.22. The first-order valence-electron chi connectivity index (χ1n) is 6.64. The minimum atomic E-state index is -0.770. The van der Waals surface area contributed by atoms with Crippen LogP contribution in [0.3, 0.4) is 0 Å². The van der Waals surface area contributed by atoms with Crippen molar-refractivity contribution in [1.82, 2.24) is 10.7 Å². The van der Waals surface area contributed by atoms with Crippen LogP contribution in [0.1, 0.15) is 44.7 Å². The maximum absolute atomic E-state index is 11.4. The summed E-state index contributed by atoms with van der Waals surface area (Å²) >= 11 is 0. The number of hydrogen-bond acceptors (Lipinski definition) is 3. The van der Waals surface area contributed by atoms with Crippen LogP contribution >= 0.6 is 0 Å². The summed E-state index contributed by atoms with van der Waals surface area (Å²) in [7, 11) is 0. The Morgan fingerprint density at radius 1 is 1.05 bits per heavy atom. The number of hydrazone groups is 1. The third-order valence-corrected chi connectivity index (χ3v) is 2.61. The Morgan fingerprint density at radius 3 is 2.15 bits per heavy atom. The third-order valence-electron chi connectivity index (χ3n) is 2.61. The van der Waals surface area contributed by atoms with E-state index in [9.17, 15) is 9.59 Å². The summed E-state index contributed by atoms with van der Waals surface area (Å²) < 4.78 is 0. The number of benzene rings is 1. The van der Waals surface area contributed by atoms with Crippen LogP contribution in [0.2, 0.25) is 0 Å². The number of carbonyl (C=O) groups excluding carboxylic acids is 2. The van der Waals surface area contributed by atoms with E-state index >= 15 is 0 Å². The molecule has 0 aromatic heterocycles. The monoisotopic (exact) mass is 275 g/mol. The Morgan fingerprint density at radius 2 is 1.65 bits per heavy atom. The van der Waals surface area contributed by atoms with E-state index < -0.39 is 11.8 Å². The van der Waals surface area contributed by atoms with Gasteiger partial charge in [-0.15, -0.1) is 0 Å². The van der Waals surface area contributed by atoms with Crippen molar-refractivity contribution >= 4 is 18.0 Å². The molecule has 108 valence electrons. The van der Waals surface area contributed by atoms with Crippen molar-refractivity contribution in [2.24, 2.45) is 5.10 Å². The number of carbonyl (C=O) groups is 2. The molecule has 2 amide bonds. The summed E-state index contributed by atoms with van der Waals surface area (Å²) in [6, 6.07) is 7.78. The summed E-state index contributed by atoms with van der Waals surface area (Å²) in [6.45, 7) is 7.81. The van der Waals surface area contributed by atoms with Gasteiger partial charge in [0.2, 0.25) is 0 Å². The number of nitrogens with one attached hydrogen (secondary N) is 2. The molecule has 0 atom stereocenters. The molecule has 0 saturated heterocycles. The highest BCUT2D eigenvalue weighted by molar-refractivity contribution is 6.35. The zero-order valence-corrected chi connectivity index (χ0v) is 12.3. The standard InChI is InChI=1S/C15H21N3O2/c1-10(2)13-7-5-12(6-8-13)9-16-18-15(20)14(19)17-11(3)4/h5-11H,1-4H3,(H,17,19)(H,18,20)/b16-9-. The maximum Gasteiger partial charge on any atom is 0.329 e. The lowest BCUT2D eigenvalue weighted by atomic mass is 10.0. The smallest absolute Gasteiger partial charge is 0.329 e. The molecular formula is C15H21N3O2. The van der Waals surface area contributed by atoms with Crippen molar-refractivity contribution in [2.75, 3.05) is 0 Å². The molecule has 0 aliphatic heterocycles. The molecule has 0 unspecified atom stereocenters. The second-order valence-corrected chi connectivity index (χ2v) is 5.15. The summed E-state index contributed by atoms with van der Waals surface area (Å²) in [5.41, 5.74) is 4.29. The van der Waals surface area contributed by atoms with Gasteiger partial charge in [0.1, 0.15) is 0 Å². The summed E-state index contributed by atoms with van der Waals surface area (Å²) in [5.74, 6) is -0.985. The fraction of sp³-hybridized carbons (Fsp3) is 0.400. The maximum atomic E-state index is 11.4. The Balaban J connectivity index is 2.52. The molecule has 2 N–H and O–H groups in total. The van der Waals surface area contributed by atoms with Crippen LogP contribution in [-0.4, -0.2) is 24.1 Å². The molecule has 20 heavy (non-hydrogen) atoms. The molecule has 1 aromatic rings. The van der Waals surface area contributed by atoms with Crippen LogP contribution in [0.5, 0.6) is 0 Å². The summed E-state index contributed by atoms with van der Waals surface area (Å²) in [5, 5.41) is 6.25. The molecule has 0 heterocycles. The molecule has 5 heteroatoms. The lowest BCUT2D eigenvalue weighted by molar-refractivity contribution is -0.139. The van der Waals surface area contributed by atoms with Gasteiger partial charge in [0.15, 0.2) is 0 Å². The van der Waals surface area contributed by atoms with Crippen LogP contribution in [0.15, 0.2) is 29.4 Å². The first-order valence-corrected chi connectivity index (χ1v) is 6.64. The number of hydrogen-bond donors (Lipinski definition) is 2. The van der Waals surface area contributed by atoms with Crippen molar-refractivity contribution in [3.8, 4) is 0 Å². The highest BCUT2D eigenvalue weighted by Gasteiger charge is 2.12. The lowest BCUT2D eigenvalue weighted by Gasteiger charge is -2.06. The molecular weight excluding hydrogens is 254 g/mol. The van der Waals surface area contributed by atoms with E-state index in [1.807, 2.05) is 24.3 Å². The van der Waals surface area contributed by atoms with Gasteiger partial charge < -0.3 is 5.32 Å². The van der Waals surface area contributed by atoms with E-state index in [-0.39, 0.29) is 6.04 Å². The highest BCUT2D eigenvalue weighted by atomic mass is 16.2. The van der Waals surface area contributed by atoms with E-state index in [2.05, 4.69) is 29.7 Å². The molecule has 0 aliphatic rings. The Bertz CT molecular complexity index is 490. The molecule has 0 saturated carbocycles. The highest BCUT2D eigenvalue weighted by Crippen LogP contribution is 2.13. The van der Waals surface area contributed by atoms with E-state index in [1.54, 1.807) is 13.8 Å². The lowest BCUT2D eigenvalue weighted by Crippen LogP contribution is -2.41. The van der Waals surface area contributed by atoms with E-state index in [0.29, 0.717) is 5.92 Å². The van der Waals surface area contributed by atoms with Crippen molar-refractivity contribution in [3.05, 3.63) is 35.4 Å². The minimum absolute atomic E-state index is 0.0826. The first kappa shape index (κ1) is 15.9. The van der Waals surface area contributed by atoms with Gasteiger partial charge in [0.25, 0.3) is 0 Å². The Labute approximate surface area is 119 Å². The molecule has 0 bridgehead atoms. The fourth-order valence-corrected chi connectivity index (χ4v) is 1.51. The van der Waals surface area contributed by atoms with Gasteiger partial charge >= 0.3 is 11.8 Å². The van der Waals surface area contributed by atoms with Crippen molar-refractivity contribution < 1.29 is 9.59 Å². The van der Waals surface area contributed by atoms with Crippen LogP contribution in [0.25, 0.3) is 0 Å². The van der Waals surface area contributed by atoms with Gasteiger partial charge in [-0.1, -0.05) is 38.1 Å². The number of amides is 2. The van der Waals surface area contributed by atoms with Gasteiger partial charge in [0, 0.05) is 6.04 Å². The van der Waals surface area contributed by atoms with Gasteiger partial charge in [-0.2, -0.15) is 5.10 Å². The fourth-order valence-electron chi connectivity index (χ4n) is 1.51. The Kier molecular flexibility index (Phi) is 5.90. The first-order chi connectivity index (χ1) is 9.40. The molecule has 5 nitrogen and oxygen atoms in total. The second kappa shape index (κ2) is 7.43. The quantitative estimate of drug-likeness (QED) is 0.499. The van der Waals surface area contributed by atoms with Gasteiger partial charge in [-0.3, -0.25) is 9.59 Å². The van der Waals surface area contributed by atoms with Crippen LogP contribution in [0, 0.1) is 0 Å². The zero-order valence-electron chi connectivity index (χ0n) is 12.3. The largest absolute Gasteiger partial charge is 0.346 e. The predicted molar refractivity (Wildman–Crippen MR) is 79.5 cm³/mol. The van der Waals surface area contributed by atoms with E-state index in [4.69, 9.17) is 0 Å².